The van der Waals surface area contributed by atoms with Crippen molar-refractivity contribution in [2.45, 2.75) is 0 Å². The number of methoxy groups -OCH3 is 1. The number of anilines is 1. The van der Waals surface area contributed by atoms with Gasteiger partial charge in [0.2, 0.25) is 5.88 Å². The average molecular weight is 282 g/mol. The van der Waals surface area contributed by atoms with Gasteiger partial charge < -0.3 is 15.2 Å². The monoisotopic (exact) mass is 282 g/mol. The summed E-state index contributed by atoms with van der Waals surface area (Å²) >= 11 is 0. The second kappa shape index (κ2) is 7.08. The number of amides is 1. The quantitative estimate of drug-likeness (QED) is 0.840. The third-order valence-corrected chi connectivity index (χ3v) is 2.64. The van der Waals surface area contributed by atoms with Crippen LogP contribution in [0.15, 0.2) is 42.6 Å². The van der Waals surface area contributed by atoms with Gasteiger partial charge in [0, 0.05) is 17.2 Å². The maximum Gasteiger partial charge on any atom is 0.255 e. The van der Waals surface area contributed by atoms with E-state index in [2.05, 4.69) is 22.1 Å². The Balaban J connectivity index is 2.12. The molecule has 5 heteroatoms. The van der Waals surface area contributed by atoms with Crippen molar-refractivity contribution >= 4 is 11.6 Å². The van der Waals surface area contributed by atoms with Crippen molar-refractivity contribution in [3.05, 3.63) is 53.7 Å². The van der Waals surface area contributed by atoms with E-state index < -0.39 is 0 Å². The minimum Gasteiger partial charge on any atom is -0.481 e. The lowest BCUT2D eigenvalue weighted by Gasteiger charge is -2.06. The van der Waals surface area contributed by atoms with Crippen molar-refractivity contribution in [3.8, 4) is 17.7 Å². The first-order valence-electron chi connectivity index (χ1n) is 6.24. The average Bonchev–Trinajstić information content (AvgIpc) is 2.54. The molecule has 1 aromatic carbocycles. The third-order valence-electron chi connectivity index (χ3n) is 2.64. The number of carbonyl (C=O) groups excluding carboxylic acids is 1. The van der Waals surface area contributed by atoms with Crippen LogP contribution in [-0.4, -0.2) is 29.7 Å². The van der Waals surface area contributed by atoms with Crippen molar-refractivity contribution in [2.75, 3.05) is 19.0 Å². The molecule has 106 valence electrons. The van der Waals surface area contributed by atoms with Crippen LogP contribution in [0.3, 0.4) is 0 Å². The number of hydrogen-bond acceptors (Lipinski definition) is 4. The number of ether oxygens (including phenoxy) is 1. The Bertz CT molecular complexity index is 685. The lowest BCUT2D eigenvalue weighted by atomic mass is 10.1. The van der Waals surface area contributed by atoms with E-state index in [1.165, 1.54) is 13.3 Å². The molecule has 1 aromatic heterocycles. The van der Waals surface area contributed by atoms with E-state index in [-0.39, 0.29) is 12.5 Å². The van der Waals surface area contributed by atoms with Gasteiger partial charge in [-0.2, -0.15) is 0 Å². The molecule has 2 N–H and O–H groups in total. The molecule has 0 saturated carbocycles. The Morgan fingerprint density at radius 2 is 2.24 bits per heavy atom. The molecule has 21 heavy (non-hydrogen) atoms. The highest BCUT2D eigenvalue weighted by atomic mass is 16.5. The van der Waals surface area contributed by atoms with Crippen molar-refractivity contribution in [1.82, 2.24) is 4.98 Å². The van der Waals surface area contributed by atoms with Gasteiger partial charge >= 0.3 is 0 Å². The summed E-state index contributed by atoms with van der Waals surface area (Å²) in [7, 11) is 1.53. The number of pyridine rings is 1. The van der Waals surface area contributed by atoms with Gasteiger partial charge in [-0.25, -0.2) is 4.98 Å². The van der Waals surface area contributed by atoms with Crippen LogP contribution in [0.4, 0.5) is 5.69 Å². The molecule has 0 saturated heterocycles. The number of hydrogen-bond donors (Lipinski definition) is 2. The molecule has 2 rings (SSSR count). The van der Waals surface area contributed by atoms with E-state index in [4.69, 9.17) is 9.84 Å². The molecule has 2 aromatic rings. The summed E-state index contributed by atoms with van der Waals surface area (Å²) in [5.74, 6) is 5.53. The van der Waals surface area contributed by atoms with Crippen LogP contribution in [0.1, 0.15) is 15.9 Å². The number of nitrogens with zero attached hydrogens (tertiary/aromatic N) is 1. The molecular formula is C16H14N2O3. The zero-order chi connectivity index (χ0) is 15.1. The molecule has 1 heterocycles. The highest BCUT2D eigenvalue weighted by Gasteiger charge is 2.06. The highest BCUT2D eigenvalue weighted by Crippen LogP contribution is 2.13. The first-order valence-corrected chi connectivity index (χ1v) is 6.24. The summed E-state index contributed by atoms with van der Waals surface area (Å²) in [6.07, 6.45) is 1.52. The normalized spacial score (nSPS) is 9.43. The molecule has 0 aliphatic carbocycles. The van der Waals surface area contributed by atoms with Crippen LogP contribution in [0.25, 0.3) is 0 Å². The lowest BCUT2D eigenvalue weighted by molar-refractivity contribution is 0.102. The van der Waals surface area contributed by atoms with Crippen molar-refractivity contribution in [1.29, 1.82) is 0 Å². The Labute approximate surface area is 122 Å². The number of benzene rings is 1. The Morgan fingerprint density at radius 3 is 2.90 bits per heavy atom. The zero-order valence-electron chi connectivity index (χ0n) is 11.5. The molecule has 1 amide bonds. The van der Waals surface area contributed by atoms with Crippen LogP contribution < -0.4 is 10.1 Å². The predicted molar refractivity (Wildman–Crippen MR) is 79.1 cm³/mol. The minimum absolute atomic E-state index is 0.214. The summed E-state index contributed by atoms with van der Waals surface area (Å²) in [5.41, 5.74) is 1.73. The lowest BCUT2D eigenvalue weighted by Crippen LogP contribution is -2.12. The van der Waals surface area contributed by atoms with Gasteiger partial charge in [0.1, 0.15) is 6.61 Å². The standard InChI is InChI=1S/C16H14N2O3/c1-21-15-8-7-14(11-17-15)18-16(20)13-6-2-4-12(10-13)5-3-9-19/h2,4,6-8,10-11,19H,9H2,1H3,(H,18,20). The van der Waals surface area contributed by atoms with E-state index >= 15 is 0 Å². The van der Waals surface area contributed by atoms with Crippen LogP contribution in [0.2, 0.25) is 0 Å². The number of carbonyl (C=O) groups is 1. The van der Waals surface area contributed by atoms with Crippen LogP contribution in [0.5, 0.6) is 5.88 Å². The fraction of sp³-hybridized carbons (Fsp3) is 0.125. The van der Waals surface area contributed by atoms with Crippen molar-refractivity contribution in [2.24, 2.45) is 0 Å². The number of nitrogens with one attached hydrogen (secondary N) is 1. The largest absolute Gasteiger partial charge is 0.481 e. The first kappa shape index (κ1) is 14.6. The van der Waals surface area contributed by atoms with Gasteiger partial charge in [-0.3, -0.25) is 4.79 Å². The van der Waals surface area contributed by atoms with Gasteiger partial charge in [-0.15, -0.1) is 0 Å². The molecule has 0 unspecified atom stereocenters. The summed E-state index contributed by atoms with van der Waals surface area (Å²) in [6.45, 7) is -0.214. The smallest absolute Gasteiger partial charge is 0.255 e. The maximum absolute atomic E-state index is 12.1. The second-order valence-electron chi connectivity index (χ2n) is 4.08. The van der Waals surface area contributed by atoms with Gasteiger partial charge in [-0.05, 0) is 24.3 Å². The number of aliphatic hydroxyl groups is 1. The molecule has 0 atom stereocenters. The highest BCUT2D eigenvalue weighted by molar-refractivity contribution is 6.04. The number of aliphatic hydroxyl groups excluding tert-OH is 1. The summed E-state index contributed by atoms with van der Waals surface area (Å²) < 4.78 is 4.95. The Kier molecular flexibility index (Phi) is 4.91. The van der Waals surface area contributed by atoms with Crippen molar-refractivity contribution < 1.29 is 14.6 Å². The second-order valence-corrected chi connectivity index (χ2v) is 4.08. The first-order chi connectivity index (χ1) is 10.2. The van der Waals surface area contributed by atoms with E-state index in [1.807, 2.05) is 0 Å². The molecule has 0 aliphatic rings. The van der Waals surface area contributed by atoms with Gasteiger partial charge in [-0.1, -0.05) is 17.9 Å². The zero-order valence-corrected chi connectivity index (χ0v) is 11.5. The van der Waals surface area contributed by atoms with E-state index in [0.29, 0.717) is 22.7 Å². The van der Waals surface area contributed by atoms with Gasteiger partial charge in [0.15, 0.2) is 0 Å². The summed E-state index contributed by atoms with van der Waals surface area (Å²) in [4.78, 5) is 16.1. The fourth-order valence-electron chi connectivity index (χ4n) is 1.66. The van der Waals surface area contributed by atoms with Crippen LogP contribution >= 0.6 is 0 Å². The molecule has 0 spiro atoms. The molecule has 0 bridgehead atoms. The van der Waals surface area contributed by atoms with Gasteiger partial charge in [0.05, 0.1) is 19.0 Å². The summed E-state index contributed by atoms with van der Waals surface area (Å²) in [5, 5.41) is 11.4. The Hall–Kier alpha value is -2.84. The van der Waals surface area contributed by atoms with E-state index in [1.54, 1.807) is 36.4 Å². The Morgan fingerprint density at radius 1 is 1.38 bits per heavy atom. The van der Waals surface area contributed by atoms with Crippen LogP contribution in [0, 0.1) is 11.8 Å². The van der Waals surface area contributed by atoms with Crippen molar-refractivity contribution in [3.63, 3.8) is 0 Å². The molecule has 0 fully saturated rings. The number of rotatable bonds is 3. The molecule has 0 aliphatic heterocycles. The molecular weight excluding hydrogens is 268 g/mol. The molecule has 5 nitrogen and oxygen atoms in total. The maximum atomic E-state index is 12.1. The topological polar surface area (TPSA) is 71.5 Å². The van der Waals surface area contributed by atoms with Gasteiger partial charge in [0.25, 0.3) is 5.91 Å². The predicted octanol–water partition coefficient (Wildman–Crippen LogP) is 1.69. The molecule has 0 radical (unpaired) electrons. The summed E-state index contributed by atoms with van der Waals surface area (Å²) in [6, 6.07) is 10.2. The fourth-order valence-corrected chi connectivity index (χ4v) is 1.66. The van der Waals surface area contributed by atoms with Crippen LogP contribution in [-0.2, 0) is 0 Å². The number of aromatic nitrogens is 1. The third kappa shape index (κ3) is 4.06. The minimum atomic E-state index is -0.255. The SMILES string of the molecule is COc1ccc(NC(=O)c2cccc(C#CCO)c2)cn1. The van der Waals surface area contributed by atoms with E-state index in [0.717, 1.165) is 0 Å². The van der Waals surface area contributed by atoms with E-state index in [9.17, 15) is 4.79 Å².